The lowest BCUT2D eigenvalue weighted by Crippen LogP contribution is -2.36. The van der Waals surface area contributed by atoms with E-state index in [9.17, 15) is 9.59 Å². The van der Waals surface area contributed by atoms with Crippen LogP contribution in [0, 0.1) is 0 Å². The molecule has 166 valence electrons. The minimum Gasteiger partial charge on any atom is -0.497 e. The van der Waals surface area contributed by atoms with Gasteiger partial charge in [0.15, 0.2) is 0 Å². The van der Waals surface area contributed by atoms with Crippen LogP contribution in [-0.2, 0) is 4.79 Å². The maximum Gasteiger partial charge on any atom is 0.268 e. The van der Waals surface area contributed by atoms with Crippen LogP contribution in [0.15, 0.2) is 64.7 Å². The summed E-state index contributed by atoms with van der Waals surface area (Å²) in [5.41, 5.74) is 0.990. The zero-order valence-corrected chi connectivity index (χ0v) is 18.5. The van der Waals surface area contributed by atoms with Gasteiger partial charge >= 0.3 is 0 Å². The molecule has 0 unspecified atom stereocenters. The number of ether oxygens (including phenoxy) is 1. The Balaban J connectivity index is 1.86. The lowest BCUT2D eigenvalue weighted by Gasteiger charge is -2.10. The van der Waals surface area contributed by atoms with Crippen molar-refractivity contribution in [3.8, 4) is 17.1 Å². The Morgan fingerprint density at radius 3 is 2.47 bits per heavy atom. The lowest BCUT2D eigenvalue weighted by molar-refractivity contribution is -0.117. The second-order valence-corrected chi connectivity index (χ2v) is 7.37. The third kappa shape index (κ3) is 5.91. The van der Waals surface area contributed by atoms with Crippen LogP contribution in [-0.4, -0.2) is 37.2 Å². The van der Waals surface area contributed by atoms with E-state index in [2.05, 4.69) is 10.6 Å². The summed E-state index contributed by atoms with van der Waals surface area (Å²) in [6, 6.07) is 14.9. The van der Waals surface area contributed by atoms with E-state index in [1.807, 2.05) is 0 Å². The third-order valence-corrected chi connectivity index (χ3v) is 5.10. The van der Waals surface area contributed by atoms with Gasteiger partial charge in [0.2, 0.25) is 0 Å². The quantitative estimate of drug-likeness (QED) is 0.426. The third-order valence-electron chi connectivity index (χ3n) is 4.36. The van der Waals surface area contributed by atoms with Crippen LogP contribution in [0.5, 0.6) is 5.75 Å². The first-order valence-corrected chi connectivity index (χ1v) is 10.3. The van der Waals surface area contributed by atoms with Gasteiger partial charge in [-0.3, -0.25) is 9.59 Å². The van der Waals surface area contributed by atoms with Crippen molar-refractivity contribution in [3.63, 3.8) is 0 Å². The largest absolute Gasteiger partial charge is 0.497 e. The van der Waals surface area contributed by atoms with Gasteiger partial charge in [-0.05, 0) is 54.6 Å². The molecule has 0 fully saturated rings. The van der Waals surface area contributed by atoms with Gasteiger partial charge in [-0.2, -0.15) is 0 Å². The maximum atomic E-state index is 12.6. The van der Waals surface area contributed by atoms with Crippen molar-refractivity contribution in [2.24, 2.45) is 0 Å². The summed E-state index contributed by atoms with van der Waals surface area (Å²) >= 11 is 12.0. The predicted molar refractivity (Wildman–Crippen MR) is 123 cm³/mol. The molecule has 0 atom stereocenters. The Bertz CT molecular complexity index is 1140. The monoisotopic (exact) mass is 474 g/mol. The molecule has 0 saturated heterocycles. The summed E-state index contributed by atoms with van der Waals surface area (Å²) in [6.45, 7) is -0.213. The van der Waals surface area contributed by atoms with Gasteiger partial charge in [0.1, 0.15) is 23.0 Å². The predicted octanol–water partition coefficient (Wildman–Crippen LogP) is 4.14. The molecule has 0 aliphatic heterocycles. The average molecular weight is 475 g/mol. The zero-order chi connectivity index (χ0) is 23.1. The van der Waals surface area contributed by atoms with E-state index in [-0.39, 0.29) is 18.8 Å². The first kappa shape index (κ1) is 23.4. The van der Waals surface area contributed by atoms with Gasteiger partial charge in [0.05, 0.1) is 23.8 Å². The number of carbonyl (C=O) groups is 2. The molecule has 2 amide bonds. The number of nitrogens with one attached hydrogen (secondary N) is 2. The van der Waals surface area contributed by atoms with Crippen molar-refractivity contribution in [2.75, 3.05) is 20.3 Å². The molecular weight excluding hydrogens is 455 g/mol. The minimum atomic E-state index is -0.576. The molecule has 3 aromatic rings. The number of aliphatic hydroxyl groups is 1. The van der Waals surface area contributed by atoms with Crippen molar-refractivity contribution in [3.05, 3.63) is 81.7 Å². The SMILES string of the molecule is COc1ccc(C(=O)N/C(=C\c2ccc(-c3ccc(Cl)c(Cl)c3)o2)C(=O)NCCO)cc1. The van der Waals surface area contributed by atoms with Crippen LogP contribution < -0.4 is 15.4 Å². The zero-order valence-electron chi connectivity index (χ0n) is 17.0. The molecule has 0 saturated carbocycles. The van der Waals surface area contributed by atoms with Crippen molar-refractivity contribution in [2.45, 2.75) is 0 Å². The number of furan rings is 1. The van der Waals surface area contributed by atoms with Crippen LogP contribution in [0.25, 0.3) is 17.4 Å². The molecule has 0 radical (unpaired) electrons. The van der Waals surface area contributed by atoms with Crippen LogP contribution >= 0.6 is 23.2 Å². The van der Waals surface area contributed by atoms with Crippen LogP contribution in [0.4, 0.5) is 0 Å². The fourth-order valence-corrected chi connectivity index (χ4v) is 3.04. The molecule has 2 aromatic carbocycles. The Hall–Kier alpha value is -3.26. The minimum absolute atomic E-state index is 0.0290. The number of benzene rings is 2. The molecular formula is C23H20Cl2N2O5. The summed E-state index contributed by atoms with van der Waals surface area (Å²) in [6.07, 6.45) is 1.40. The van der Waals surface area contributed by atoms with Crippen molar-refractivity contribution in [1.29, 1.82) is 0 Å². The van der Waals surface area contributed by atoms with E-state index < -0.39 is 11.8 Å². The van der Waals surface area contributed by atoms with Gasteiger partial charge in [0, 0.05) is 23.7 Å². The van der Waals surface area contributed by atoms with Gasteiger partial charge in [-0.15, -0.1) is 0 Å². The fourth-order valence-electron chi connectivity index (χ4n) is 2.74. The molecule has 9 heteroatoms. The van der Waals surface area contributed by atoms with E-state index in [1.165, 1.54) is 13.2 Å². The molecule has 1 aromatic heterocycles. The number of halogens is 2. The average Bonchev–Trinajstić information content (AvgIpc) is 3.27. The van der Waals surface area contributed by atoms with E-state index in [0.29, 0.717) is 38.4 Å². The van der Waals surface area contributed by atoms with E-state index >= 15 is 0 Å². The number of methoxy groups -OCH3 is 1. The molecule has 3 N–H and O–H groups in total. The Labute approximate surface area is 194 Å². The van der Waals surface area contributed by atoms with Crippen molar-refractivity contribution >= 4 is 41.1 Å². The molecule has 3 rings (SSSR count). The molecule has 0 spiro atoms. The standard InChI is InChI=1S/C23H20Cl2N2O5/c1-31-16-5-2-14(3-6-16)22(29)27-20(23(30)26-10-11-28)13-17-7-9-21(32-17)15-4-8-18(24)19(25)12-15/h2-9,12-13,28H,10-11H2,1H3,(H,26,30)(H,27,29)/b20-13-. The summed E-state index contributed by atoms with van der Waals surface area (Å²) in [5, 5.41) is 14.9. The van der Waals surface area contributed by atoms with Gasteiger partial charge in [-0.1, -0.05) is 23.2 Å². The number of hydrogen-bond donors (Lipinski definition) is 3. The number of rotatable bonds is 8. The van der Waals surface area contributed by atoms with E-state index in [1.54, 1.807) is 54.6 Å². The maximum absolute atomic E-state index is 12.6. The smallest absolute Gasteiger partial charge is 0.268 e. The van der Waals surface area contributed by atoms with Crippen LogP contribution in [0.3, 0.4) is 0 Å². The molecule has 32 heavy (non-hydrogen) atoms. The second-order valence-electron chi connectivity index (χ2n) is 6.55. The second kappa shape index (κ2) is 10.9. The lowest BCUT2D eigenvalue weighted by atomic mass is 10.2. The summed E-state index contributed by atoms with van der Waals surface area (Å²) < 4.78 is 10.9. The van der Waals surface area contributed by atoms with Crippen molar-refractivity contribution in [1.82, 2.24) is 10.6 Å². The fraction of sp³-hybridized carbons (Fsp3) is 0.130. The van der Waals surface area contributed by atoms with Gasteiger partial charge < -0.3 is 24.9 Å². The number of amides is 2. The highest BCUT2D eigenvalue weighted by Crippen LogP contribution is 2.30. The Morgan fingerprint density at radius 1 is 1.06 bits per heavy atom. The van der Waals surface area contributed by atoms with Crippen LogP contribution in [0.1, 0.15) is 16.1 Å². The summed E-state index contributed by atoms with van der Waals surface area (Å²) in [4.78, 5) is 25.2. The van der Waals surface area contributed by atoms with Crippen molar-refractivity contribution < 1.29 is 23.8 Å². The van der Waals surface area contributed by atoms with E-state index in [0.717, 1.165) is 0 Å². The highest BCUT2D eigenvalue weighted by atomic mass is 35.5. The highest BCUT2D eigenvalue weighted by Gasteiger charge is 2.16. The molecule has 7 nitrogen and oxygen atoms in total. The normalized spacial score (nSPS) is 11.2. The molecule has 0 bridgehead atoms. The number of aliphatic hydroxyl groups excluding tert-OH is 1. The Kier molecular flexibility index (Phi) is 7.94. The topological polar surface area (TPSA) is 101 Å². The molecule has 0 aliphatic rings. The Morgan fingerprint density at radius 2 is 1.81 bits per heavy atom. The molecule has 0 aliphatic carbocycles. The number of carbonyl (C=O) groups excluding carboxylic acids is 2. The summed E-state index contributed by atoms with van der Waals surface area (Å²) in [7, 11) is 1.52. The van der Waals surface area contributed by atoms with Crippen LogP contribution in [0.2, 0.25) is 10.0 Å². The van der Waals surface area contributed by atoms with Gasteiger partial charge in [-0.25, -0.2) is 0 Å². The summed E-state index contributed by atoms with van der Waals surface area (Å²) in [5.74, 6) is 0.368. The number of hydrogen-bond acceptors (Lipinski definition) is 5. The van der Waals surface area contributed by atoms with E-state index in [4.69, 9.17) is 37.5 Å². The highest BCUT2D eigenvalue weighted by molar-refractivity contribution is 6.42. The first-order chi connectivity index (χ1) is 15.4. The first-order valence-electron chi connectivity index (χ1n) is 9.52. The molecule has 1 heterocycles. The van der Waals surface area contributed by atoms with Gasteiger partial charge in [0.25, 0.3) is 11.8 Å².